The Balaban J connectivity index is 3.01. The first-order valence-electron chi connectivity index (χ1n) is 2.78. The van der Waals surface area contributed by atoms with E-state index in [2.05, 4.69) is 11.4 Å². The van der Waals surface area contributed by atoms with Crippen molar-refractivity contribution in [2.45, 2.75) is 0 Å². The van der Waals surface area contributed by atoms with E-state index in [1.807, 2.05) is 19.2 Å². The summed E-state index contributed by atoms with van der Waals surface area (Å²) >= 11 is 0. The normalized spacial score (nSPS) is 9.00. The Morgan fingerprint density at radius 3 is 2.89 bits per heavy atom. The molecule has 9 heavy (non-hydrogen) atoms. The molecule has 0 aromatic heterocycles. The highest BCUT2D eigenvalue weighted by Gasteiger charge is 1.89. The molecule has 1 aromatic carbocycles. The third-order valence-electron chi connectivity index (χ3n) is 1.17. The quantitative estimate of drug-likeness (QED) is 0.546. The molecule has 0 aliphatic heterocycles. The van der Waals surface area contributed by atoms with Gasteiger partial charge in [0.1, 0.15) is 0 Å². The number of anilines is 2. The highest BCUT2D eigenvalue weighted by atomic mass is 14.8. The Morgan fingerprint density at radius 2 is 2.44 bits per heavy atom. The summed E-state index contributed by atoms with van der Waals surface area (Å²) in [5.41, 5.74) is 7.23. The number of nitrogens with two attached hydrogens (primary N) is 1. The van der Waals surface area contributed by atoms with Crippen LogP contribution in [0, 0.1) is 6.07 Å². The molecule has 0 saturated carbocycles. The molecule has 0 bridgehead atoms. The van der Waals surface area contributed by atoms with Crippen LogP contribution in [0.5, 0.6) is 0 Å². The fourth-order valence-electron chi connectivity index (χ4n) is 0.671. The summed E-state index contributed by atoms with van der Waals surface area (Å²) in [5, 5.41) is 2.95. The van der Waals surface area contributed by atoms with Crippen LogP contribution in [0.15, 0.2) is 18.2 Å². The zero-order chi connectivity index (χ0) is 6.69. The summed E-state index contributed by atoms with van der Waals surface area (Å²) in [4.78, 5) is 0. The van der Waals surface area contributed by atoms with Crippen LogP contribution in [0.3, 0.4) is 0 Å². The van der Waals surface area contributed by atoms with Gasteiger partial charge in [-0.1, -0.05) is 6.07 Å². The molecule has 0 fully saturated rings. The maximum Gasteiger partial charge on any atom is 0.0571 e. The number of hydrogen-bond donors (Lipinski definition) is 2. The standard InChI is InChI=1S/C7H9N2/c1-9-7-5-3-2-4-6(7)8/h3-5,9H,8H2,1H3. The predicted octanol–water partition coefficient (Wildman–Crippen LogP) is 1.11. The van der Waals surface area contributed by atoms with E-state index < -0.39 is 0 Å². The molecule has 0 saturated heterocycles. The number of hydrogen-bond acceptors (Lipinski definition) is 2. The Morgan fingerprint density at radius 1 is 1.67 bits per heavy atom. The van der Waals surface area contributed by atoms with E-state index in [1.165, 1.54) is 0 Å². The van der Waals surface area contributed by atoms with Crippen LogP contribution >= 0.6 is 0 Å². The molecule has 47 valence electrons. The van der Waals surface area contributed by atoms with Gasteiger partial charge < -0.3 is 11.1 Å². The number of rotatable bonds is 1. The molecule has 0 unspecified atom stereocenters. The lowest BCUT2D eigenvalue weighted by molar-refractivity contribution is 1.51. The number of benzene rings is 1. The van der Waals surface area contributed by atoms with Gasteiger partial charge in [-0.15, -0.1) is 0 Å². The minimum atomic E-state index is 0.736. The first-order chi connectivity index (χ1) is 4.34. The highest BCUT2D eigenvalue weighted by Crippen LogP contribution is 2.14. The zero-order valence-electron chi connectivity index (χ0n) is 5.31. The van der Waals surface area contributed by atoms with Gasteiger partial charge in [0, 0.05) is 7.05 Å². The average molecular weight is 121 g/mol. The van der Waals surface area contributed by atoms with E-state index in [4.69, 9.17) is 5.73 Å². The lowest BCUT2D eigenvalue weighted by Crippen LogP contribution is -1.93. The first-order valence-corrected chi connectivity index (χ1v) is 2.78. The minimum Gasteiger partial charge on any atom is -0.397 e. The van der Waals surface area contributed by atoms with Crippen LogP contribution in [0.25, 0.3) is 0 Å². The molecular weight excluding hydrogens is 112 g/mol. The van der Waals surface area contributed by atoms with Gasteiger partial charge in [0.15, 0.2) is 0 Å². The second kappa shape index (κ2) is 2.40. The van der Waals surface area contributed by atoms with Crippen molar-refractivity contribution in [2.75, 3.05) is 18.1 Å². The predicted molar refractivity (Wildman–Crippen MR) is 39.2 cm³/mol. The summed E-state index contributed by atoms with van der Waals surface area (Å²) in [6, 6.07) is 8.32. The van der Waals surface area contributed by atoms with Crippen molar-refractivity contribution in [1.29, 1.82) is 0 Å². The van der Waals surface area contributed by atoms with Crippen molar-refractivity contribution in [1.82, 2.24) is 0 Å². The summed E-state index contributed by atoms with van der Waals surface area (Å²) in [6.07, 6.45) is 0. The van der Waals surface area contributed by atoms with Crippen molar-refractivity contribution in [3.05, 3.63) is 24.3 Å². The summed E-state index contributed by atoms with van der Waals surface area (Å²) in [7, 11) is 1.84. The molecule has 2 nitrogen and oxygen atoms in total. The smallest absolute Gasteiger partial charge is 0.0571 e. The van der Waals surface area contributed by atoms with Gasteiger partial charge in [-0.25, -0.2) is 0 Å². The molecule has 0 spiro atoms. The molecule has 0 atom stereocenters. The third kappa shape index (κ3) is 1.13. The van der Waals surface area contributed by atoms with Gasteiger partial charge in [-0.05, 0) is 18.2 Å². The van der Waals surface area contributed by atoms with E-state index in [1.54, 1.807) is 6.07 Å². The highest BCUT2D eigenvalue weighted by molar-refractivity contribution is 5.64. The number of nitrogens with one attached hydrogen (secondary N) is 1. The molecule has 3 N–H and O–H groups in total. The molecule has 0 aliphatic carbocycles. The Labute approximate surface area is 54.7 Å². The fourth-order valence-corrected chi connectivity index (χ4v) is 0.671. The topological polar surface area (TPSA) is 38.0 Å². The maximum absolute atomic E-state index is 5.54. The lowest BCUT2D eigenvalue weighted by Gasteiger charge is -2.00. The molecule has 0 heterocycles. The van der Waals surface area contributed by atoms with Crippen molar-refractivity contribution in [3.63, 3.8) is 0 Å². The van der Waals surface area contributed by atoms with Crippen molar-refractivity contribution < 1.29 is 0 Å². The molecule has 0 aliphatic rings. The van der Waals surface area contributed by atoms with Crippen LogP contribution in [0.2, 0.25) is 0 Å². The van der Waals surface area contributed by atoms with E-state index >= 15 is 0 Å². The van der Waals surface area contributed by atoms with Gasteiger partial charge in [-0.3, -0.25) is 0 Å². The van der Waals surface area contributed by atoms with Gasteiger partial charge in [0.05, 0.1) is 11.4 Å². The van der Waals surface area contributed by atoms with Crippen LogP contribution in [-0.2, 0) is 0 Å². The van der Waals surface area contributed by atoms with Gasteiger partial charge in [0.25, 0.3) is 0 Å². The summed E-state index contributed by atoms with van der Waals surface area (Å²) in [5.74, 6) is 0. The van der Waals surface area contributed by atoms with Gasteiger partial charge in [-0.2, -0.15) is 0 Å². The van der Waals surface area contributed by atoms with Gasteiger partial charge in [0.2, 0.25) is 0 Å². The van der Waals surface area contributed by atoms with E-state index in [-0.39, 0.29) is 0 Å². The second-order valence-corrected chi connectivity index (χ2v) is 1.76. The van der Waals surface area contributed by atoms with Crippen molar-refractivity contribution in [2.24, 2.45) is 0 Å². The van der Waals surface area contributed by atoms with Crippen LogP contribution in [0.4, 0.5) is 11.4 Å². The largest absolute Gasteiger partial charge is 0.397 e. The SMILES string of the molecule is CNc1cc[c]cc1N. The van der Waals surface area contributed by atoms with Crippen molar-refractivity contribution in [3.8, 4) is 0 Å². The van der Waals surface area contributed by atoms with Crippen LogP contribution in [0.1, 0.15) is 0 Å². The molecule has 2 heteroatoms. The first kappa shape index (κ1) is 5.95. The summed E-state index contributed by atoms with van der Waals surface area (Å²) < 4.78 is 0. The fraction of sp³-hybridized carbons (Fsp3) is 0.143. The van der Waals surface area contributed by atoms with Crippen LogP contribution < -0.4 is 11.1 Å². The van der Waals surface area contributed by atoms with E-state index in [0.29, 0.717) is 0 Å². The third-order valence-corrected chi connectivity index (χ3v) is 1.17. The molecule has 1 aromatic rings. The lowest BCUT2D eigenvalue weighted by atomic mass is 10.3. The maximum atomic E-state index is 5.54. The Bertz CT molecular complexity index is 196. The second-order valence-electron chi connectivity index (χ2n) is 1.76. The molecule has 0 amide bonds. The summed E-state index contributed by atoms with van der Waals surface area (Å²) in [6.45, 7) is 0. The van der Waals surface area contributed by atoms with Crippen molar-refractivity contribution >= 4 is 11.4 Å². The Kier molecular flexibility index (Phi) is 1.58. The minimum absolute atomic E-state index is 0.736. The molecule has 1 rings (SSSR count). The van der Waals surface area contributed by atoms with E-state index in [0.717, 1.165) is 11.4 Å². The van der Waals surface area contributed by atoms with Crippen LogP contribution in [-0.4, -0.2) is 7.05 Å². The average Bonchev–Trinajstić information content (AvgIpc) is 1.89. The zero-order valence-corrected chi connectivity index (χ0v) is 5.31. The van der Waals surface area contributed by atoms with Gasteiger partial charge >= 0.3 is 0 Å². The number of nitrogen functional groups attached to an aromatic ring is 1. The Hall–Kier alpha value is -1.18. The molecule has 1 radical (unpaired) electrons. The van der Waals surface area contributed by atoms with E-state index in [9.17, 15) is 0 Å². The monoisotopic (exact) mass is 121 g/mol. The molecular formula is C7H9N2.